The molecule has 0 aliphatic heterocycles. The molecule has 0 atom stereocenters. The van der Waals surface area contributed by atoms with Gasteiger partial charge in [-0.1, -0.05) is 85.8 Å². The summed E-state index contributed by atoms with van der Waals surface area (Å²) in [6.07, 6.45) is 3.13. The Hall–Kier alpha value is -2.34. The maximum atomic E-state index is 2.28. The van der Waals surface area contributed by atoms with Crippen LogP contribution in [0.4, 0.5) is 0 Å². The SMILES string of the molecule is CCc1c(Cc2ccccc2)cccc1Cc1ccccc1. The molecule has 0 nitrogen and oxygen atoms in total. The second-order valence-corrected chi connectivity index (χ2v) is 5.73. The van der Waals surface area contributed by atoms with Crippen molar-refractivity contribution in [3.05, 3.63) is 107 Å². The molecule has 0 aromatic heterocycles. The summed E-state index contributed by atoms with van der Waals surface area (Å²) < 4.78 is 0. The molecule has 0 heteroatoms. The zero-order valence-electron chi connectivity index (χ0n) is 13.1. The molecule has 3 aromatic rings. The fourth-order valence-corrected chi connectivity index (χ4v) is 3.10. The fourth-order valence-electron chi connectivity index (χ4n) is 3.10. The molecule has 3 rings (SSSR count). The summed E-state index contributed by atoms with van der Waals surface area (Å²) in [5.41, 5.74) is 7.20. The van der Waals surface area contributed by atoms with E-state index in [1.807, 2.05) is 0 Å². The minimum Gasteiger partial charge on any atom is -0.0622 e. The smallest absolute Gasteiger partial charge is 0.00229 e. The number of benzene rings is 3. The van der Waals surface area contributed by atoms with Crippen molar-refractivity contribution in [2.45, 2.75) is 26.2 Å². The predicted molar refractivity (Wildman–Crippen MR) is 94.3 cm³/mol. The summed E-state index contributed by atoms with van der Waals surface area (Å²) in [7, 11) is 0. The lowest BCUT2D eigenvalue weighted by molar-refractivity contribution is 1.01. The van der Waals surface area contributed by atoms with E-state index in [-0.39, 0.29) is 0 Å². The molecule has 0 spiro atoms. The molecule has 0 aliphatic rings. The van der Waals surface area contributed by atoms with Crippen molar-refractivity contribution in [3.8, 4) is 0 Å². The second-order valence-electron chi connectivity index (χ2n) is 5.73. The van der Waals surface area contributed by atoms with E-state index in [2.05, 4.69) is 85.8 Å². The summed E-state index contributed by atoms with van der Waals surface area (Å²) in [5.74, 6) is 0. The Labute approximate surface area is 133 Å². The average Bonchev–Trinajstić information content (AvgIpc) is 2.57. The summed E-state index contributed by atoms with van der Waals surface area (Å²) in [5, 5.41) is 0. The number of hydrogen-bond donors (Lipinski definition) is 0. The van der Waals surface area contributed by atoms with Gasteiger partial charge in [0.05, 0.1) is 0 Å². The molecule has 0 amide bonds. The second kappa shape index (κ2) is 7.09. The Kier molecular flexibility index (Phi) is 4.70. The molecule has 0 unspecified atom stereocenters. The van der Waals surface area contributed by atoms with E-state index in [0.717, 1.165) is 19.3 Å². The Bertz CT molecular complexity index is 652. The van der Waals surface area contributed by atoms with Gasteiger partial charge in [0.1, 0.15) is 0 Å². The van der Waals surface area contributed by atoms with Crippen molar-refractivity contribution >= 4 is 0 Å². The molecule has 0 fully saturated rings. The van der Waals surface area contributed by atoms with Crippen LogP contribution in [0.2, 0.25) is 0 Å². The number of hydrogen-bond acceptors (Lipinski definition) is 0. The Morgan fingerprint density at radius 2 is 1.00 bits per heavy atom. The van der Waals surface area contributed by atoms with Crippen LogP contribution in [0.3, 0.4) is 0 Å². The topological polar surface area (TPSA) is 0 Å². The molecule has 0 N–H and O–H groups in total. The highest BCUT2D eigenvalue weighted by molar-refractivity contribution is 5.41. The van der Waals surface area contributed by atoms with E-state index in [4.69, 9.17) is 0 Å². The van der Waals surface area contributed by atoms with Gasteiger partial charge in [0.25, 0.3) is 0 Å². The van der Waals surface area contributed by atoms with Crippen molar-refractivity contribution in [2.75, 3.05) is 0 Å². The van der Waals surface area contributed by atoms with E-state index < -0.39 is 0 Å². The molecular weight excluding hydrogens is 264 g/mol. The summed E-state index contributed by atoms with van der Waals surface area (Å²) >= 11 is 0. The van der Waals surface area contributed by atoms with E-state index in [1.165, 1.54) is 27.8 Å². The molecule has 0 saturated carbocycles. The van der Waals surface area contributed by atoms with Gasteiger partial charge in [0, 0.05) is 0 Å². The van der Waals surface area contributed by atoms with E-state index in [1.54, 1.807) is 0 Å². The predicted octanol–water partition coefficient (Wildman–Crippen LogP) is 5.43. The first kappa shape index (κ1) is 14.6. The van der Waals surface area contributed by atoms with Gasteiger partial charge in [0.2, 0.25) is 0 Å². The minimum absolute atomic E-state index is 1.02. The maximum absolute atomic E-state index is 2.28. The lowest BCUT2D eigenvalue weighted by Gasteiger charge is -2.14. The molecule has 110 valence electrons. The average molecular weight is 286 g/mol. The van der Waals surface area contributed by atoms with Crippen LogP contribution in [-0.4, -0.2) is 0 Å². The molecule has 0 radical (unpaired) electrons. The van der Waals surface area contributed by atoms with Crippen LogP contribution in [0.1, 0.15) is 34.7 Å². The summed E-state index contributed by atoms with van der Waals surface area (Å²) in [6, 6.07) is 28.2. The van der Waals surface area contributed by atoms with Gasteiger partial charge in [-0.05, 0) is 47.1 Å². The maximum Gasteiger partial charge on any atom is -0.00229 e. The molecule has 0 bridgehead atoms. The minimum atomic E-state index is 1.02. The van der Waals surface area contributed by atoms with Gasteiger partial charge in [-0.3, -0.25) is 0 Å². The van der Waals surface area contributed by atoms with E-state index >= 15 is 0 Å². The normalized spacial score (nSPS) is 10.6. The van der Waals surface area contributed by atoms with Gasteiger partial charge in [0.15, 0.2) is 0 Å². The first-order chi connectivity index (χ1) is 10.9. The Balaban J connectivity index is 1.90. The van der Waals surface area contributed by atoms with Gasteiger partial charge >= 0.3 is 0 Å². The lowest BCUT2D eigenvalue weighted by atomic mass is 9.91. The summed E-state index contributed by atoms with van der Waals surface area (Å²) in [6.45, 7) is 2.26. The van der Waals surface area contributed by atoms with Crippen molar-refractivity contribution < 1.29 is 0 Å². The molecule has 3 aromatic carbocycles. The van der Waals surface area contributed by atoms with Crippen LogP contribution < -0.4 is 0 Å². The zero-order chi connectivity index (χ0) is 15.2. The molecule has 0 aliphatic carbocycles. The molecule has 22 heavy (non-hydrogen) atoms. The van der Waals surface area contributed by atoms with Crippen molar-refractivity contribution in [1.82, 2.24) is 0 Å². The third kappa shape index (κ3) is 3.46. The molecule has 0 saturated heterocycles. The van der Waals surface area contributed by atoms with Crippen LogP contribution >= 0.6 is 0 Å². The van der Waals surface area contributed by atoms with Crippen LogP contribution in [0.5, 0.6) is 0 Å². The van der Waals surface area contributed by atoms with Crippen molar-refractivity contribution in [2.24, 2.45) is 0 Å². The zero-order valence-corrected chi connectivity index (χ0v) is 13.1. The third-order valence-corrected chi connectivity index (χ3v) is 4.20. The summed E-state index contributed by atoms with van der Waals surface area (Å²) in [4.78, 5) is 0. The van der Waals surface area contributed by atoms with Gasteiger partial charge in [-0.2, -0.15) is 0 Å². The highest BCUT2D eigenvalue weighted by Gasteiger charge is 2.08. The Morgan fingerprint density at radius 1 is 0.545 bits per heavy atom. The third-order valence-electron chi connectivity index (χ3n) is 4.20. The first-order valence-corrected chi connectivity index (χ1v) is 8.04. The van der Waals surface area contributed by atoms with Gasteiger partial charge in [-0.25, -0.2) is 0 Å². The van der Waals surface area contributed by atoms with Crippen LogP contribution in [-0.2, 0) is 19.3 Å². The van der Waals surface area contributed by atoms with Crippen molar-refractivity contribution in [1.29, 1.82) is 0 Å². The quantitative estimate of drug-likeness (QED) is 0.586. The van der Waals surface area contributed by atoms with E-state index in [0.29, 0.717) is 0 Å². The van der Waals surface area contributed by atoms with Crippen LogP contribution in [0, 0.1) is 0 Å². The van der Waals surface area contributed by atoms with Crippen LogP contribution in [0.25, 0.3) is 0 Å². The molecule has 0 heterocycles. The Morgan fingerprint density at radius 3 is 1.41 bits per heavy atom. The molecular formula is C22H22. The largest absolute Gasteiger partial charge is 0.0622 e. The standard InChI is InChI=1S/C22H22/c1-2-22-20(16-18-10-5-3-6-11-18)14-9-15-21(22)17-19-12-7-4-8-13-19/h3-15H,2,16-17H2,1H3. The van der Waals surface area contributed by atoms with Crippen LogP contribution in [0.15, 0.2) is 78.9 Å². The first-order valence-electron chi connectivity index (χ1n) is 8.04. The highest BCUT2D eigenvalue weighted by Crippen LogP contribution is 2.22. The highest BCUT2D eigenvalue weighted by atomic mass is 14.1. The lowest BCUT2D eigenvalue weighted by Crippen LogP contribution is -2.01. The van der Waals surface area contributed by atoms with Gasteiger partial charge < -0.3 is 0 Å². The van der Waals surface area contributed by atoms with Crippen molar-refractivity contribution in [3.63, 3.8) is 0 Å². The van der Waals surface area contributed by atoms with Gasteiger partial charge in [-0.15, -0.1) is 0 Å². The number of rotatable bonds is 5. The van der Waals surface area contributed by atoms with E-state index in [9.17, 15) is 0 Å². The fraction of sp³-hybridized carbons (Fsp3) is 0.182. The monoisotopic (exact) mass is 286 g/mol.